The zero-order valence-corrected chi connectivity index (χ0v) is 6.78. The number of thioether (sulfide) groups is 1. The van der Waals surface area contributed by atoms with E-state index < -0.39 is 0 Å². The summed E-state index contributed by atoms with van der Waals surface area (Å²) >= 11 is 2.02. The van der Waals surface area contributed by atoms with Gasteiger partial charge in [-0.05, 0) is 18.6 Å². The van der Waals surface area contributed by atoms with Crippen molar-refractivity contribution in [2.75, 3.05) is 18.8 Å². The first-order chi connectivity index (χ1) is 4.93. The molecular formula is C7H12N2S. The average molecular weight is 156 g/mol. The number of hydrogen-bond acceptors (Lipinski definition) is 3. The smallest absolute Gasteiger partial charge is 0.0841 e. The summed E-state index contributed by atoms with van der Waals surface area (Å²) in [5.74, 6) is 1.30. The molecule has 1 aliphatic rings. The Morgan fingerprint density at radius 1 is 1.70 bits per heavy atom. The van der Waals surface area contributed by atoms with Crippen molar-refractivity contribution < 1.29 is 0 Å². The minimum Gasteiger partial charge on any atom is -0.303 e. The molecule has 0 aromatic rings. The minimum absolute atomic E-state index is 0.497. The summed E-state index contributed by atoms with van der Waals surface area (Å²) in [7, 11) is 0. The quantitative estimate of drug-likeness (QED) is 0.489. The van der Waals surface area contributed by atoms with Crippen LogP contribution < -0.4 is 5.32 Å². The molecule has 10 heavy (non-hydrogen) atoms. The Morgan fingerprint density at radius 3 is 3.20 bits per heavy atom. The lowest BCUT2D eigenvalue weighted by Crippen LogP contribution is -2.23. The van der Waals surface area contributed by atoms with Crippen LogP contribution >= 0.6 is 11.8 Å². The van der Waals surface area contributed by atoms with E-state index in [0.717, 1.165) is 11.8 Å². The third-order valence-corrected chi connectivity index (χ3v) is 3.00. The van der Waals surface area contributed by atoms with Crippen molar-refractivity contribution in [1.82, 2.24) is 5.32 Å². The second-order valence-electron chi connectivity index (χ2n) is 2.42. The molecule has 1 unspecified atom stereocenters. The van der Waals surface area contributed by atoms with Gasteiger partial charge in [-0.1, -0.05) is 0 Å². The lowest BCUT2D eigenvalue weighted by molar-refractivity contribution is 0.686. The summed E-state index contributed by atoms with van der Waals surface area (Å²) in [6.45, 7) is 1.51. The van der Waals surface area contributed by atoms with Crippen LogP contribution in [-0.4, -0.2) is 24.1 Å². The standard InChI is InChI=1S/C7H12N2S/c8-3-4-9-6-7-2-1-5-10-7/h7,9H,1-2,4-6H2. The first kappa shape index (κ1) is 7.90. The maximum absolute atomic E-state index is 8.22. The van der Waals surface area contributed by atoms with Gasteiger partial charge in [0.15, 0.2) is 0 Å². The highest BCUT2D eigenvalue weighted by Crippen LogP contribution is 2.24. The van der Waals surface area contributed by atoms with Crippen molar-refractivity contribution in [3.63, 3.8) is 0 Å². The summed E-state index contributed by atoms with van der Waals surface area (Å²) < 4.78 is 0. The van der Waals surface area contributed by atoms with Gasteiger partial charge in [0.2, 0.25) is 0 Å². The molecule has 0 radical (unpaired) electrons. The number of nitriles is 1. The van der Waals surface area contributed by atoms with Crippen molar-refractivity contribution in [3.05, 3.63) is 0 Å². The molecule has 2 nitrogen and oxygen atoms in total. The van der Waals surface area contributed by atoms with E-state index in [1.54, 1.807) is 0 Å². The van der Waals surface area contributed by atoms with Crippen molar-refractivity contribution in [3.8, 4) is 6.07 Å². The third kappa shape index (κ3) is 2.59. The van der Waals surface area contributed by atoms with E-state index in [1.165, 1.54) is 18.6 Å². The molecule has 1 heterocycles. The second kappa shape index (κ2) is 4.59. The van der Waals surface area contributed by atoms with E-state index in [2.05, 4.69) is 11.4 Å². The van der Waals surface area contributed by atoms with E-state index in [9.17, 15) is 0 Å². The Morgan fingerprint density at radius 2 is 2.60 bits per heavy atom. The fourth-order valence-electron chi connectivity index (χ4n) is 1.09. The molecule has 0 bridgehead atoms. The monoisotopic (exact) mass is 156 g/mol. The Bertz CT molecular complexity index is 124. The number of hydrogen-bond donors (Lipinski definition) is 1. The molecule has 1 N–H and O–H groups in total. The molecule has 1 atom stereocenters. The Labute approximate surface area is 66.0 Å². The van der Waals surface area contributed by atoms with Crippen LogP contribution in [0.25, 0.3) is 0 Å². The van der Waals surface area contributed by atoms with E-state index >= 15 is 0 Å². The molecule has 1 aliphatic heterocycles. The molecule has 1 saturated heterocycles. The van der Waals surface area contributed by atoms with Gasteiger partial charge < -0.3 is 5.32 Å². The molecule has 56 valence electrons. The Kier molecular flexibility index (Phi) is 3.63. The summed E-state index contributed by atoms with van der Waals surface area (Å²) in [5.41, 5.74) is 0. The van der Waals surface area contributed by atoms with Crippen LogP contribution in [0.4, 0.5) is 0 Å². The van der Waals surface area contributed by atoms with E-state index in [-0.39, 0.29) is 0 Å². The van der Waals surface area contributed by atoms with Crippen molar-refractivity contribution in [1.29, 1.82) is 5.26 Å². The first-order valence-corrected chi connectivity index (χ1v) is 4.67. The number of rotatable bonds is 3. The molecule has 0 saturated carbocycles. The fraction of sp³-hybridized carbons (Fsp3) is 0.857. The molecule has 1 fully saturated rings. The summed E-state index contributed by atoms with van der Waals surface area (Å²) in [6.07, 6.45) is 2.67. The molecule has 3 heteroatoms. The van der Waals surface area contributed by atoms with Gasteiger partial charge in [-0.15, -0.1) is 0 Å². The zero-order valence-electron chi connectivity index (χ0n) is 5.97. The SMILES string of the molecule is N#CCNCC1CCCS1. The molecule has 1 rings (SSSR count). The van der Waals surface area contributed by atoms with Gasteiger partial charge in [0.25, 0.3) is 0 Å². The van der Waals surface area contributed by atoms with Gasteiger partial charge in [-0.2, -0.15) is 17.0 Å². The summed E-state index contributed by atoms with van der Waals surface area (Å²) in [5, 5.41) is 12.1. The fourth-order valence-corrected chi connectivity index (χ4v) is 2.33. The van der Waals surface area contributed by atoms with E-state index in [4.69, 9.17) is 5.26 Å². The maximum atomic E-state index is 8.22. The van der Waals surface area contributed by atoms with E-state index in [0.29, 0.717) is 6.54 Å². The molecule has 0 aromatic heterocycles. The Hall–Kier alpha value is -0.200. The Balaban J connectivity index is 1.97. The van der Waals surface area contributed by atoms with Gasteiger partial charge in [-0.25, -0.2) is 0 Å². The number of nitrogens with one attached hydrogen (secondary N) is 1. The van der Waals surface area contributed by atoms with Crippen LogP contribution in [0.2, 0.25) is 0 Å². The predicted molar refractivity (Wildman–Crippen MR) is 44.0 cm³/mol. The van der Waals surface area contributed by atoms with E-state index in [1.807, 2.05) is 11.8 Å². The maximum Gasteiger partial charge on any atom is 0.0841 e. The number of nitrogens with zero attached hydrogens (tertiary/aromatic N) is 1. The molecule has 0 aromatic carbocycles. The molecule has 0 amide bonds. The average Bonchev–Trinajstić information content (AvgIpc) is 2.41. The topological polar surface area (TPSA) is 35.8 Å². The van der Waals surface area contributed by atoms with Gasteiger partial charge in [0.05, 0.1) is 12.6 Å². The third-order valence-electron chi connectivity index (χ3n) is 1.60. The molecule has 0 aliphatic carbocycles. The van der Waals surface area contributed by atoms with Crippen LogP contribution in [-0.2, 0) is 0 Å². The van der Waals surface area contributed by atoms with Crippen LogP contribution in [0.1, 0.15) is 12.8 Å². The predicted octanol–water partition coefficient (Wildman–Crippen LogP) is 0.995. The van der Waals surface area contributed by atoms with Crippen LogP contribution in [0.15, 0.2) is 0 Å². The van der Waals surface area contributed by atoms with Gasteiger partial charge in [-0.3, -0.25) is 0 Å². The summed E-state index contributed by atoms with van der Waals surface area (Å²) in [6, 6.07) is 2.07. The first-order valence-electron chi connectivity index (χ1n) is 3.63. The van der Waals surface area contributed by atoms with Crippen molar-refractivity contribution >= 4 is 11.8 Å². The van der Waals surface area contributed by atoms with Crippen LogP contribution in [0.5, 0.6) is 0 Å². The molecule has 0 spiro atoms. The zero-order chi connectivity index (χ0) is 7.23. The highest BCUT2D eigenvalue weighted by Gasteiger charge is 2.13. The van der Waals surface area contributed by atoms with Gasteiger partial charge in [0.1, 0.15) is 0 Å². The second-order valence-corrected chi connectivity index (χ2v) is 3.83. The van der Waals surface area contributed by atoms with Gasteiger partial charge >= 0.3 is 0 Å². The lowest BCUT2D eigenvalue weighted by Gasteiger charge is -2.06. The largest absolute Gasteiger partial charge is 0.303 e. The molecular weight excluding hydrogens is 144 g/mol. The van der Waals surface area contributed by atoms with Crippen LogP contribution in [0.3, 0.4) is 0 Å². The van der Waals surface area contributed by atoms with Gasteiger partial charge in [0, 0.05) is 11.8 Å². The minimum atomic E-state index is 0.497. The normalized spacial score (nSPS) is 24.5. The lowest BCUT2D eigenvalue weighted by atomic mass is 10.2. The highest BCUT2D eigenvalue weighted by molar-refractivity contribution is 8.00. The van der Waals surface area contributed by atoms with Crippen molar-refractivity contribution in [2.45, 2.75) is 18.1 Å². The van der Waals surface area contributed by atoms with Crippen LogP contribution in [0, 0.1) is 11.3 Å². The highest BCUT2D eigenvalue weighted by atomic mass is 32.2. The van der Waals surface area contributed by atoms with Crippen molar-refractivity contribution in [2.24, 2.45) is 0 Å². The summed E-state index contributed by atoms with van der Waals surface area (Å²) in [4.78, 5) is 0.